The SMILES string of the molecule is CCN(CCNC(C)c1ccsc1)C(C)C. The summed E-state index contributed by atoms with van der Waals surface area (Å²) in [6, 6.07) is 3.31. The van der Waals surface area contributed by atoms with Crippen molar-refractivity contribution < 1.29 is 0 Å². The molecule has 0 saturated heterocycles. The summed E-state index contributed by atoms with van der Waals surface area (Å²) in [4.78, 5) is 2.48. The van der Waals surface area contributed by atoms with Crippen molar-refractivity contribution >= 4 is 11.3 Å². The molecule has 0 amide bonds. The molecule has 0 radical (unpaired) electrons. The van der Waals surface area contributed by atoms with Crippen LogP contribution in [0.3, 0.4) is 0 Å². The second-order valence-electron chi connectivity index (χ2n) is 4.45. The Hall–Kier alpha value is -0.380. The standard InChI is InChI=1S/C13H24N2S/c1-5-15(11(2)3)8-7-14-12(4)13-6-9-16-10-13/h6,9-12,14H,5,7-8H2,1-4H3. The topological polar surface area (TPSA) is 15.3 Å². The summed E-state index contributed by atoms with van der Waals surface area (Å²) in [5, 5.41) is 7.93. The Balaban J connectivity index is 2.25. The van der Waals surface area contributed by atoms with E-state index >= 15 is 0 Å². The third-order valence-corrected chi connectivity index (χ3v) is 3.73. The summed E-state index contributed by atoms with van der Waals surface area (Å²) in [5.41, 5.74) is 1.40. The molecule has 0 aliphatic rings. The smallest absolute Gasteiger partial charge is 0.0300 e. The fourth-order valence-corrected chi connectivity index (χ4v) is 2.60. The molecular weight excluding hydrogens is 216 g/mol. The van der Waals surface area contributed by atoms with Gasteiger partial charge >= 0.3 is 0 Å². The average Bonchev–Trinajstić information content (AvgIpc) is 2.76. The number of hydrogen-bond donors (Lipinski definition) is 1. The van der Waals surface area contributed by atoms with Crippen LogP contribution in [-0.4, -0.2) is 30.6 Å². The van der Waals surface area contributed by atoms with Crippen molar-refractivity contribution in [3.05, 3.63) is 22.4 Å². The second kappa shape index (κ2) is 7.05. The first-order chi connectivity index (χ1) is 7.65. The fraction of sp³-hybridized carbons (Fsp3) is 0.692. The minimum absolute atomic E-state index is 0.470. The van der Waals surface area contributed by atoms with Crippen molar-refractivity contribution in [1.29, 1.82) is 0 Å². The highest BCUT2D eigenvalue weighted by atomic mass is 32.1. The van der Waals surface area contributed by atoms with E-state index in [-0.39, 0.29) is 0 Å². The van der Waals surface area contributed by atoms with Gasteiger partial charge in [0, 0.05) is 25.2 Å². The van der Waals surface area contributed by atoms with Gasteiger partial charge in [0.25, 0.3) is 0 Å². The van der Waals surface area contributed by atoms with Gasteiger partial charge in [0.1, 0.15) is 0 Å². The lowest BCUT2D eigenvalue weighted by Gasteiger charge is -2.25. The lowest BCUT2D eigenvalue weighted by molar-refractivity contribution is 0.231. The lowest BCUT2D eigenvalue weighted by Crippen LogP contribution is -2.37. The van der Waals surface area contributed by atoms with Crippen molar-refractivity contribution in [1.82, 2.24) is 10.2 Å². The van der Waals surface area contributed by atoms with Crippen LogP contribution in [0.2, 0.25) is 0 Å². The van der Waals surface area contributed by atoms with Crippen LogP contribution < -0.4 is 5.32 Å². The summed E-state index contributed by atoms with van der Waals surface area (Å²) in [6.07, 6.45) is 0. The largest absolute Gasteiger partial charge is 0.309 e. The highest BCUT2D eigenvalue weighted by Crippen LogP contribution is 2.15. The van der Waals surface area contributed by atoms with Gasteiger partial charge in [-0.15, -0.1) is 0 Å². The first-order valence-corrected chi connectivity index (χ1v) is 7.09. The second-order valence-corrected chi connectivity index (χ2v) is 5.23. The Kier molecular flexibility index (Phi) is 6.03. The number of hydrogen-bond acceptors (Lipinski definition) is 3. The van der Waals surface area contributed by atoms with Crippen molar-refractivity contribution in [2.24, 2.45) is 0 Å². The number of likely N-dealkylation sites (N-methyl/N-ethyl adjacent to an activating group) is 1. The summed E-state index contributed by atoms with van der Waals surface area (Å²) in [7, 11) is 0. The average molecular weight is 240 g/mol. The van der Waals surface area contributed by atoms with E-state index in [0.29, 0.717) is 12.1 Å². The molecule has 0 spiro atoms. The Morgan fingerprint density at radius 1 is 1.38 bits per heavy atom. The zero-order chi connectivity index (χ0) is 12.0. The Bertz CT molecular complexity index is 269. The van der Waals surface area contributed by atoms with E-state index in [1.54, 1.807) is 11.3 Å². The zero-order valence-electron chi connectivity index (χ0n) is 10.9. The summed E-state index contributed by atoms with van der Waals surface area (Å²) >= 11 is 1.77. The van der Waals surface area contributed by atoms with Gasteiger partial charge in [-0.2, -0.15) is 11.3 Å². The minimum atomic E-state index is 0.470. The molecular formula is C13H24N2S. The normalized spacial score (nSPS) is 13.6. The van der Waals surface area contributed by atoms with Gasteiger partial charge in [-0.3, -0.25) is 4.90 Å². The summed E-state index contributed by atoms with van der Waals surface area (Å²) in [5.74, 6) is 0. The van der Waals surface area contributed by atoms with Crippen molar-refractivity contribution in [3.8, 4) is 0 Å². The summed E-state index contributed by atoms with van der Waals surface area (Å²) in [6.45, 7) is 12.3. The molecule has 1 N–H and O–H groups in total. The van der Waals surface area contributed by atoms with Crippen LogP contribution in [-0.2, 0) is 0 Å². The van der Waals surface area contributed by atoms with Gasteiger partial charge in [0.2, 0.25) is 0 Å². The van der Waals surface area contributed by atoms with Crippen LogP contribution in [0.5, 0.6) is 0 Å². The highest BCUT2D eigenvalue weighted by Gasteiger charge is 2.08. The number of nitrogens with one attached hydrogen (secondary N) is 1. The molecule has 0 bridgehead atoms. The van der Waals surface area contributed by atoms with Crippen LogP contribution in [0.15, 0.2) is 16.8 Å². The molecule has 1 unspecified atom stereocenters. The van der Waals surface area contributed by atoms with Crippen LogP contribution in [0.4, 0.5) is 0 Å². The van der Waals surface area contributed by atoms with Gasteiger partial charge in [-0.25, -0.2) is 0 Å². The van der Waals surface area contributed by atoms with E-state index in [9.17, 15) is 0 Å². The van der Waals surface area contributed by atoms with Crippen LogP contribution in [0, 0.1) is 0 Å². The monoisotopic (exact) mass is 240 g/mol. The van der Waals surface area contributed by atoms with E-state index in [1.165, 1.54) is 5.56 Å². The van der Waals surface area contributed by atoms with Gasteiger partial charge in [0.15, 0.2) is 0 Å². The highest BCUT2D eigenvalue weighted by molar-refractivity contribution is 7.07. The summed E-state index contributed by atoms with van der Waals surface area (Å²) < 4.78 is 0. The molecule has 1 aromatic heterocycles. The van der Waals surface area contributed by atoms with Crippen molar-refractivity contribution in [3.63, 3.8) is 0 Å². The van der Waals surface area contributed by atoms with Crippen molar-refractivity contribution in [2.45, 2.75) is 39.8 Å². The maximum absolute atomic E-state index is 3.57. The molecule has 0 saturated carbocycles. The van der Waals surface area contributed by atoms with Gasteiger partial charge in [0.05, 0.1) is 0 Å². The number of nitrogens with zero attached hydrogens (tertiary/aromatic N) is 1. The van der Waals surface area contributed by atoms with E-state index in [1.807, 2.05) is 0 Å². The molecule has 1 rings (SSSR count). The third kappa shape index (κ3) is 4.24. The van der Waals surface area contributed by atoms with Crippen LogP contribution in [0.25, 0.3) is 0 Å². The maximum Gasteiger partial charge on any atom is 0.0300 e. The molecule has 1 aromatic rings. The molecule has 0 aliphatic heterocycles. The predicted octanol–water partition coefficient (Wildman–Crippen LogP) is 3.13. The molecule has 2 nitrogen and oxygen atoms in total. The van der Waals surface area contributed by atoms with Gasteiger partial charge in [-0.05, 0) is 49.7 Å². The minimum Gasteiger partial charge on any atom is -0.309 e. The maximum atomic E-state index is 3.57. The number of rotatable bonds is 7. The fourth-order valence-electron chi connectivity index (χ4n) is 1.85. The molecule has 0 aliphatic carbocycles. The third-order valence-electron chi connectivity index (χ3n) is 3.03. The van der Waals surface area contributed by atoms with Gasteiger partial charge < -0.3 is 5.32 Å². The lowest BCUT2D eigenvalue weighted by atomic mass is 10.2. The predicted molar refractivity (Wildman–Crippen MR) is 73.1 cm³/mol. The van der Waals surface area contributed by atoms with Crippen LogP contribution in [0.1, 0.15) is 39.3 Å². The van der Waals surface area contributed by atoms with E-state index in [2.05, 4.69) is 54.7 Å². The molecule has 0 fully saturated rings. The molecule has 1 atom stereocenters. The van der Waals surface area contributed by atoms with Gasteiger partial charge in [-0.1, -0.05) is 6.92 Å². The Morgan fingerprint density at radius 3 is 2.62 bits per heavy atom. The quantitative estimate of drug-likeness (QED) is 0.788. The molecule has 3 heteroatoms. The van der Waals surface area contributed by atoms with Crippen LogP contribution >= 0.6 is 11.3 Å². The Morgan fingerprint density at radius 2 is 2.12 bits per heavy atom. The van der Waals surface area contributed by atoms with E-state index in [4.69, 9.17) is 0 Å². The van der Waals surface area contributed by atoms with E-state index < -0.39 is 0 Å². The zero-order valence-corrected chi connectivity index (χ0v) is 11.7. The van der Waals surface area contributed by atoms with E-state index in [0.717, 1.165) is 19.6 Å². The Labute approximate surface area is 104 Å². The number of thiophene rings is 1. The molecule has 0 aromatic carbocycles. The van der Waals surface area contributed by atoms with Crippen molar-refractivity contribution in [2.75, 3.05) is 19.6 Å². The first-order valence-electron chi connectivity index (χ1n) is 6.14. The molecule has 92 valence electrons. The molecule has 1 heterocycles. The molecule has 16 heavy (non-hydrogen) atoms. The first kappa shape index (κ1) is 13.7.